The van der Waals surface area contributed by atoms with Gasteiger partial charge in [-0.25, -0.2) is 9.59 Å². The van der Waals surface area contributed by atoms with Crippen LogP contribution in [0.4, 0.5) is 4.79 Å². The van der Waals surface area contributed by atoms with Gasteiger partial charge in [-0.05, 0) is 53.3 Å². The summed E-state index contributed by atoms with van der Waals surface area (Å²) >= 11 is 2.01. The molecule has 2 N–H and O–H groups in total. The summed E-state index contributed by atoms with van der Waals surface area (Å²) in [5.74, 6) is -0.975. The molecule has 0 atom stereocenters. The largest absolute Gasteiger partial charge is 0.481 e. The number of carbonyl (C=O) groups is 3. The van der Waals surface area contributed by atoms with E-state index in [1.807, 2.05) is 22.6 Å². The van der Waals surface area contributed by atoms with Gasteiger partial charge in [-0.1, -0.05) is 6.07 Å². The predicted molar refractivity (Wildman–Crippen MR) is 86.2 cm³/mol. The Morgan fingerprint density at radius 2 is 2.18 bits per heavy atom. The van der Waals surface area contributed by atoms with Gasteiger partial charge in [-0.3, -0.25) is 9.69 Å². The number of urea groups is 1. The summed E-state index contributed by atoms with van der Waals surface area (Å²) in [7, 11) is 0. The standard InChI is InChI=1S/C14H13IN2O5/c1-2-17-13(20)10(16-14(17)21)6-8-3-4-11(9(15)5-8)22-7-12(18)19/h3-6H,2,7H2,1H3,(H,16,21)(H,18,19)/b10-6+. The van der Waals surface area contributed by atoms with E-state index in [9.17, 15) is 14.4 Å². The predicted octanol–water partition coefficient (Wildman–Crippen LogP) is 1.67. The highest BCUT2D eigenvalue weighted by molar-refractivity contribution is 14.1. The van der Waals surface area contributed by atoms with E-state index in [4.69, 9.17) is 9.84 Å². The highest BCUT2D eigenvalue weighted by atomic mass is 127. The molecule has 0 aliphatic carbocycles. The zero-order chi connectivity index (χ0) is 16.3. The Morgan fingerprint density at radius 1 is 1.45 bits per heavy atom. The fourth-order valence-corrected chi connectivity index (χ4v) is 2.58. The minimum Gasteiger partial charge on any atom is -0.481 e. The first-order valence-corrected chi connectivity index (χ1v) is 7.49. The number of carboxylic acid groups (broad SMARTS) is 1. The van der Waals surface area contributed by atoms with Gasteiger partial charge in [0.05, 0.1) is 3.57 Å². The second-order valence-corrected chi connectivity index (χ2v) is 5.57. The van der Waals surface area contributed by atoms with E-state index in [0.29, 0.717) is 21.4 Å². The number of benzene rings is 1. The molecule has 8 heteroatoms. The van der Waals surface area contributed by atoms with Crippen LogP contribution in [0.5, 0.6) is 5.75 Å². The first-order chi connectivity index (χ1) is 10.4. The Morgan fingerprint density at radius 3 is 2.73 bits per heavy atom. The van der Waals surface area contributed by atoms with Crippen molar-refractivity contribution in [3.8, 4) is 5.75 Å². The third-order valence-corrected chi connectivity index (χ3v) is 3.74. The summed E-state index contributed by atoms with van der Waals surface area (Å²) in [6, 6.07) is 4.60. The lowest BCUT2D eigenvalue weighted by molar-refractivity contribution is -0.139. The Labute approximate surface area is 140 Å². The number of likely N-dealkylation sites (N-methyl/N-ethyl adjacent to an activating group) is 1. The number of aliphatic carboxylic acids is 1. The smallest absolute Gasteiger partial charge is 0.341 e. The van der Waals surface area contributed by atoms with Gasteiger partial charge in [-0.2, -0.15) is 0 Å². The van der Waals surface area contributed by atoms with E-state index in [0.717, 1.165) is 4.90 Å². The summed E-state index contributed by atoms with van der Waals surface area (Å²) < 4.78 is 5.83. The lowest BCUT2D eigenvalue weighted by Crippen LogP contribution is -2.30. The molecule has 3 amide bonds. The third-order valence-electron chi connectivity index (χ3n) is 2.90. The van der Waals surface area contributed by atoms with E-state index >= 15 is 0 Å². The Balaban J connectivity index is 2.19. The van der Waals surface area contributed by atoms with E-state index in [-0.39, 0.29) is 11.6 Å². The monoisotopic (exact) mass is 416 g/mol. The summed E-state index contributed by atoms with van der Waals surface area (Å²) in [4.78, 5) is 35.1. The third kappa shape index (κ3) is 3.56. The minimum atomic E-state index is -1.05. The van der Waals surface area contributed by atoms with Crippen molar-refractivity contribution in [1.29, 1.82) is 0 Å². The Hall–Kier alpha value is -2.10. The molecule has 22 heavy (non-hydrogen) atoms. The summed E-state index contributed by atoms with van der Waals surface area (Å²) in [5.41, 5.74) is 0.913. The van der Waals surface area contributed by atoms with Gasteiger partial charge in [0.2, 0.25) is 0 Å². The van der Waals surface area contributed by atoms with Crippen LogP contribution in [0.2, 0.25) is 0 Å². The number of ether oxygens (including phenoxy) is 1. The molecule has 1 aliphatic rings. The molecule has 7 nitrogen and oxygen atoms in total. The van der Waals surface area contributed by atoms with Crippen molar-refractivity contribution in [2.75, 3.05) is 13.2 Å². The summed E-state index contributed by atoms with van der Waals surface area (Å²) in [6.07, 6.45) is 1.57. The maximum atomic E-state index is 12.0. The minimum absolute atomic E-state index is 0.210. The van der Waals surface area contributed by atoms with Gasteiger partial charge >= 0.3 is 12.0 Å². The Bertz CT molecular complexity index is 671. The molecule has 0 spiro atoms. The molecular weight excluding hydrogens is 403 g/mol. The van der Waals surface area contributed by atoms with Crippen LogP contribution in [-0.2, 0) is 9.59 Å². The number of hydrogen-bond acceptors (Lipinski definition) is 4. The van der Waals surface area contributed by atoms with E-state index in [1.54, 1.807) is 31.2 Å². The molecule has 0 bridgehead atoms. The van der Waals surface area contributed by atoms with Crippen molar-refractivity contribution in [1.82, 2.24) is 10.2 Å². The first kappa shape index (κ1) is 16.3. The van der Waals surface area contributed by atoms with Crippen molar-refractivity contribution >= 4 is 46.6 Å². The lowest BCUT2D eigenvalue weighted by Gasteiger charge is -2.07. The highest BCUT2D eigenvalue weighted by Crippen LogP contribution is 2.24. The van der Waals surface area contributed by atoms with E-state index < -0.39 is 18.6 Å². The zero-order valence-corrected chi connectivity index (χ0v) is 13.8. The number of carbonyl (C=O) groups excluding carboxylic acids is 2. The number of carboxylic acids is 1. The topological polar surface area (TPSA) is 95.9 Å². The molecule has 116 valence electrons. The maximum Gasteiger partial charge on any atom is 0.341 e. The summed E-state index contributed by atoms with van der Waals surface area (Å²) in [5, 5.41) is 11.1. The van der Waals surface area contributed by atoms with Crippen molar-refractivity contribution in [2.45, 2.75) is 6.92 Å². The SMILES string of the molecule is CCN1C(=O)N/C(=C/c2ccc(OCC(=O)O)c(I)c2)C1=O. The van der Waals surface area contributed by atoms with Crippen molar-refractivity contribution in [2.24, 2.45) is 0 Å². The van der Waals surface area contributed by atoms with Crippen LogP contribution in [-0.4, -0.2) is 41.1 Å². The van der Waals surface area contributed by atoms with Gasteiger partial charge in [-0.15, -0.1) is 0 Å². The molecule has 1 saturated heterocycles. The molecule has 0 aromatic heterocycles. The van der Waals surface area contributed by atoms with E-state index in [1.165, 1.54) is 0 Å². The molecule has 1 aliphatic heterocycles. The van der Waals surface area contributed by atoms with Crippen LogP contribution in [0.15, 0.2) is 23.9 Å². The molecule has 2 rings (SSSR count). The zero-order valence-electron chi connectivity index (χ0n) is 11.6. The maximum absolute atomic E-state index is 12.0. The fourth-order valence-electron chi connectivity index (χ4n) is 1.89. The first-order valence-electron chi connectivity index (χ1n) is 6.41. The molecule has 1 fully saturated rings. The summed E-state index contributed by atoms with van der Waals surface area (Å²) in [6.45, 7) is 1.61. The molecule has 0 unspecified atom stereocenters. The molecule has 1 heterocycles. The van der Waals surface area contributed by atoms with Crippen LogP contribution in [0.1, 0.15) is 12.5 Å². The molecule has 1 aromatic carbocycles. The van der Waals surface area contributed by atoms with Crippen LogP contribution < -0.4 is 10.1 Å². The lowest BCUT2D eigenvalue weighted by atomic mass is 10.2. The number of amides is 3. The number of nitrogens with zero attached hydrogens (tertiary/aromatic N) is 1. The van der Waals surface area contributed by atoms with Gasteiger partial charge in [0.1, 0.15) is 11.4 Å². The normalized spacial score (nSPS) is 16.1. The number of imide groups is 1. The van der Waals surface area contributed by atoms with Gasteiger partial charge in [0, 0.05) is 6.54 Å². The molecule has 0 radical (unpaired) electrons. The van der Waals surface area contributed by atoms with Crippen LogP contribution in [0.3, 0.4) is 0 Å². The van der Waals surface area contributed by atoms with Crippen molar-refractivity contribution < 1.29 is 24.2 Å². The number of hydrogen-bond donors (Lipinski definition) is 2. The van der Waals surface area contributed by atoms with Gasteiger partial charge < -0.3 is 15.2 Å². The number of rotatable bonds is 5. The van der Waals surface area contributed by atoms with Gasteiger partial charge in [0.15, 0.2) is 6.61 Å². The molecule has 1 aromatic rings. The quantitative estimate of drug-likeness (QED) is 0.433. The average molecular weight is 416 g/mol. The molecular formula is C14H13IN2O5. The van der Waals surface area contributed by atoms with E-state index in [2.05, 4.69) is 5.32 Å². The van der Waals surface area contributed by atoms with Crippen molar-refractivity contribution in [3.63, 3.8) is 0 Å². The molecule has 0 saturated carbocycles. The highest BCUT2D eigenvalue weighted by Gasteiger charge is 2.31. The Kier molecular flexibility index (Phi) is 5.01. The van der Waals surface area contributed by atoms with Crippen LogP contribution >= 0.6 is 22.6 Å². The number of halogens is 1. The number of nitrogens with one attached hydrogen (secondary N) is 1. The fraction of sp³-hybridized carbons (Fsp3) is 0.214. The second kappa shape index (κ2) is 6.77. The van der Waals surface area contributed by atoms with Crippen LogP contribution in [0.25, 0.3) is 6.08 Å². The average Bonchev–Trinajstić information content (AvgIpc) is 2.72. The van der Waals surface area contributed by atoms with Crippen molar-refractivity contribution in [3.05, 3.63) is 33.0 Å². The van der Waals surface area contributed by atoms with Gasteiger partial charge in [0.25, 0.3) is 5.91 Å². The van der Waals surface area contributed by atoms with Crippen LogP contribution in [0, 0.1) is 3.57 Å². The second-order valence-electron chi connectivity index (χ2n) is 4.41.